The number of aromatic nitrogens is 2. The van der Waals surface area contributed by atoms with Crippen LogP contribution in [-0.4, -0.2) is 61.0 Å². The van der Waals surface area contributed by atoms with Crippen LogP contribution in [0.1, 0.15) is 27.7 Å². The number of piperazine rings is 1. The van der Waals surface area contributed by atoms with Gasteiger partial charge in [0.2, 0.25) is 0 Å². The van der Waals surface area contributed by atoms with E-state index in [4.69, 9.17) is 4.42 Å². The zero-order valence-electron chi connectivity index (χ0n) is 15.5. The zero-order valence-corrected chi connectivity index (χ0v) is 15.5. The Hall–Kier alpha value is -2.57. The second-order valence-corrected chi connectivity index (χ2v) is 6.63. The highest BCUT2D eigenvalue weighted by Gasteiger charge is 2.25. The fourth-order valence-electron chi connectivity index (χ4n) is 3.08. The third-order valence-electron chi connectivity index (χ3n) is 4.43. The van der Waals surface area contributed by atoms with Crippen molar-refractivity contribution in [2.24, 2.45) is 0 Å². The second kappa shape index (κ2) is 6.74. The van der Waals surface area contributed by atoms with E-state index in [9.17, 15) is 4.79 Å². The number of aryl methyl sites for hydroxylation is 3. The molecule has 1 fully saturated rings. The number of carbonyl (C=O) groups is 1. The molecule has 0 saturated carbocycles. The van der Waals surface area contributed by atoms with E-state index in [1.54, 1.807) is 0 Å². The fourth-order valence-corrected chi connectivity index (χ4v) is 3.08. The summed E-state index contributed by atoms with van der Waals surface area (Å²) in [6, 6.07) is 3.81. The van der Waals surface area contributed by atoms with Crippen molar-refractivity contribution in [1.29, 1.82) is 0 Å². The van der Waals surface area contributed by atoms with Crippen LogP contribution in [-0.2, 0) is 0 Å². The van der Waals surface area contributed by atoms with Crippen LogP contribution in [0, 0.1) is 20.8 Å². The summed E-state index contributed by atoms with van der Waals surface area (Å²) in [6.07, 6.45) is 0. The molecule has 3 heterocycles. The summed E-state index contributed by atoms with van der Waals surface area (Å²) >= 11 is 0. The molecule has 25 heavy (non-hydrogen) atoms. The number of furan rings is 1. The summed E-state index contributed by atoms with van der Waals surface area (Å²) in [6.45, 7) is 8.45. The van der Waals surface area contributed by atoms with Crippen LogP contribution in [0.3, 0.4) is 0 Å². The molecule has 2 aromatic rings. The van der Waals surface area contributed by atoms with Crippen molar-refractivity contribution in [3.63, 3.8) is 0 Å². The third kappa shape index (κ3) is 3.60. The van der Waals surface area contributed by atoms with Gasteiger partial charge >= 0.3 is 0 Å². The minimum Gasteiger partial charge on any atom is -0.466 e. The minimum absolute atomic E-state index is 0.0434. The van der Waals surface area contributed by atoms with Crippen molar-refractivity contribution in [3.8, 4) is 0 Å². The molecule has 2 aromatic heterocycles. The van der Waals surface area contributed by atoms with E-state index in [0.717, 1.165) is 36.3 Å². The number of hydrogen-bond acceptors (Lipinski definition) is 6. The average molecular weight is 343 g/mol. The van der Waals surface area contributed by atoms with Crippen molar-refractivity contribution in [2.45, 2.75) is 20.8 Å². The topological polar surface area (TPSA) is 65.7 Å². The van der Waals surface area contributed by atoms with E-state index < -0.39 is 0 Å². The molecule has 0 aliphatic carbocycles. The van der Waals surface area contributed by atoms with Crippen molar-refractivity contribution < 1.29 is 9.21 Å². The molecule has 0 radical (unpaired) electrons. The first kappa shape index (κ1) is 17.3. The molecule has 0 atom stereocenters. The van der Waals surface area contributed by atoms with E-state index in [2.05, 4.69) is 14.9 Å². The first-order valence-electron chi connectivity index (χ1n) is 8.49. The van der Waals surface area contributed by atoms with E-state index in [1.165, 1.54) is 0 Å². The molecule has 0 bridgehead atoms. The van der Waals surface area contributed by atoms with Crippen LogP contribution in [0.15, 0.2) is 16.5 Å². The van der Waals surface area contributed by atoms with Gasteiger partial charge in [-0.1, -0.05) is 0 Å². The molecule has 0 spiro atoms. The van der Waals surface area contributed by atoms with E-state index in [0.29, 0.717) is 24.4 Å². The zero-order chi connectivity index (χ0) is 18.1. The molecule has 7 heteroatoms. The predicted molar refractivity (Wildman–Crippen MR) is 97.4 cm³/mol. The highest BCUT2D eigenvalue weighted by Crippen LogP contribution is 2.21. The third-order valence-corrected chi connectivity index (χ3v) is 4.43. The van der Waals surface area contributed by atoms with Crippen LogP contribution in [0.25, 0.3) is 0 Å². The largest absolute Gasteiger partial charge is 0.466 e. The van der Waals surface area contributed by atoms with Gasteiger partial charge in [-0.15, -0.1) is 0 Å². The van der Waals surface area contributed by atoms with Gasteiger partial charge < -0.3 is 19.1 Å². The van der Waals surface area contributed by atoms with Gasteiger partial charge in [0.15, 0.2) is 0 Å². The second-order valence-electron chi connectivity index (χ2n) is 6.63. The van der Waals surface area contributed by atoms with E-state index >= 15 is 0 Å². The number of carbonyl (C=O) groups excluding carboxylic acids is 1. The van der Waals surface area contributed by atoms with Crippen LogP contribution < -0.4 is 9.80 Å². The maximum absolute atomic E-state index is 12.7. The quantitative estimate of drug-likeness (QED) is 0.849. The number of nitrogens with zero attached hydrogens (tertiary/aromatic N) is 5. The number of anilines is 2. The normalized spacial score (nSPS) is 14.8. The van der Waals surface area contributed by atoms with Gasteiger partial charge in [-0.2, -0.15) is 0 Å². The lowest BCUT2D eigenvalue weighted by Crippen LogP contribution is -2.49. The smallest absolute Gasteiger partial charge is 0.257 e. The predicted octanol–water partition coefficient (Wildman–Crippen LogP) is 2.02. The lowest BCUT2D eigenvalue weighted by molar-refractivity contribution is 0.0744. The summed E-state index contributed by atoms with van der Waals surface area (Å²) < 4.78 is 5.49. The molecule has 1 amide bonds. The maximum Gasteiger partial charge on any atom is 0.257 e. The average Bonchev–Trinajstić information content (AvgIpc) is 2.92. The summed E-state index contributed by atoms with van der Waals surface area (Å²) in [7, 11) is 3.94. The molecule has 0 unspecified atom stereocenters. The molecule has 7 nitrogen and oxygen atoms in total. The van der Waals surface area contributed by atoms with Gasteiger partial charge in [-0.05, 0) is 26.8 Å². The lowest BCUT2D eigenvalue weighted by atomic mass is 10.2. The first-order chi connectivity index (χ1) is 11.8. The molecule has 1 aliphatic heterocycles. The number of amides is 1. The Morgan fingerprint density at radius 3 is 2.32 bits per heavy atom. The van der Waals surface area contributed by atoms with Crippen molar-refractivity contribution in [3.05, 3.63) is 35.0 Å². The lowest BCUT2D eigenvalue weighted by Gasteiger charge is -2.35. The minimum atomic E-state index is 0.0434. The molecular weight excluding hydrogens is 318 g/mol. The summed E-state index contributed by atoms with van der Waals surface area (Å²) in [5, 5.41) is 0. The Balaban J connectivity index is 1.70. The van der Waals surface area contributed by atoms with Gasteiger partial charge in [-0.25, -0.2) is 9.97 Å². The van der Waals surface area contributed by atoms with Gasteiger partial charge in [0.25, 0.3) is 5.91 Å². The molecule has 1 aliphatic rings. The Morgan fingerprint density at radius 1 is 1.08 bits per heavy atom. The van der Waals surface area contributed by atoms with E-state index in [1.807, 2.05) is 56.8 Å². The Kier molecular flexibility index (Phi) is 4.65. The summed E-state index contributed by atoms with van der Waals surface area (Å²) in [4.78, 5) is 27.7. The number of hydrogen-bond donors (Lipinski definition) is 0. The molecule has 3 rings (SSSR count). The van der Waals surface area contributed by atoms with Gasteiger partial charge in [0.1, 0.15) is 29.0 Å². The maximum atomic E-state index is 12.7. The molecule has 1 saturated heterocycles. The van der Waals surface area contributed by atoms with Crippen molar-refractivity contribution in [2.75, 3.05) is 50.1 Å². The van der Waals surface area contributed by atoms with Gasteiger partial charge in [0, 0.05) is 46.3 Å². The van der Waals surface area contributed by atoms with E-state index in [-0.39, 0.29) is 5.91 Å². The summed E-state index contributed by atoms with van der Waals surface area (Å²) in [5.41, 5.74) is 0.665. The highest BCUT2D eigenvalue weighted by molar-refractivity contribution is 5.95. The van der Waals surface area contributed by atoms with Crippen LogP contribution >= 0.6 is 0 Å². The highest BCUT2D eigenvalue weighted by atomic mass is 16.3. The fraction of sp³-hybridized carbons (Fsp3) is 0.500. The molecule has 134 valence electrons. The van der Waals surface area contributed by atoms with Crippen LogP contribution in [0.5, 0.6) is 0 Å². The SMILES string of the molecule is Cc1nc(N(C)C)cc(N2CCN(C(=O)c3cc(C)oc3C)CC2)n1. The first-order valence-corrected chi connectivity index (χ1v) is 8.49. The summed E-state index contributed by atoms with van der Waals surface area (Å²) in [5.74, 6) is 4.06. The van der Waals surface area contributed by atoms with Crippen LogP contribution in [0.2, 0.25) is 0 Å². The Bertz CT molecular complexity index is 776. The van der Waals surface area contributed by atoms with Gasteiger partial charge in [0.05, 0.1) is 5.56 Å². The molecule has 0 N–H and O–H groups in total. The Labute approximate surface area is 148 Å². The Morgan fingerprint density at radius 2 is 1.76 bits per heavy atom. The molecule has 0 aromatic carbocycles. The number of rotatable bonds is 3. The van der Waals surface area contributed by atoms with Crippen LogP contribution in [0.4, 0.5) is 11.6 Å². The monoisotopic (exact) mass is 343 g/mol. The van der Waals surface area contributed by atoms with Crippen molar-refractivity contribution in [1.82, 2.24) is 14.9 Å². The van der Waals surface area contributed by atoms with Gasteiger partial charge in [-0.3, -0.25) is 4.79 Å². The van der Waals surface area contributed by atoms with Crippen molar-refractivity contribution >= 4 is 17.5 Å². The molecular formula is C18H25N5O2. The standard InChI is InChI=1S/C18H25N5O2/c1-12-10-15(13(2)25-12)18(24)23-8-6-22(7-9-23)17-11-16(21(4)5)19-14(3)20-17/h10-11H,6-9H2,1-5H3.